The van der Waals surface area contributed by atoms with Crippen LogP contribution >= 0.6 is 11.6 Å². The van der Waals surface area contributed by atoms with Crippen LogP contribution in [0.1, 0.15) is 68.8 Å². The number of rotatable bonds is 6. The number of amides is 6. The highest BCUT2D eigenvalue weighted by atomic mass is 35.5. The second-order valence-corrected chi connectivity index (χ2v) is 14.6. The number of para-hydroxylation sites is 1. The van der Waals surface area contributed by atoms with E-state index in [1.165, 1.54) is 30.3 Å². The van der Waals surface area contributed by atoms with E-state index in [1.807, 2.05) is 38.1 Å². The fraction of sp³-hybridized carbons (Fsp3) is 0.486. The van der Waals surface area contributed by atoms with Crippen molar-refractivity contribution < 1.29 is 33.9 Å². The lowest BCUT2D eigenvalue weighted by Gasteiger charge is -2.30. The number of nitrogens with one attached hydrogen (secondary N) is 6. The number of benzene rings is 1. The van der Waals surface area contributed by atoms with E-state index in [2.05, 4.69) is 36.6 Å². The lowest BCUT2D eigenvalue weighted by molar-refractivity contribution is -0.142. The third kappa shape index (κ3) is 10.1. The van der Waals surface area contributed by atoms with Crippen LogP contribution < -0.4 is 26.6 Å². The van der Waals surface area contributed by atoms with E-state index in [9.17, 15) is 33.9 Å². The van der Waals surface area contributed by atoms with Crippen molar-refractivity contribution in [1.29, 1.82) is 0 Å². The summed E-state index contributed by atoms with van der Waals surface area (Å²) in [5.41, 5.74) is 1.71. The highest BCUT2D eigenvalue weighted by Gasteiger charge is 2.42. The van der Waals surface area contributed by atoms with Crippen LogP contribution in [0.3, 0.4) is 0 Å². The first-order valence-corrected chi connectivity index (χ1v) is 18.3. The number of hydrogen-bond donors (Lipinski definition) is 7. The molecule has 0 saturated carbocycles. The molecule has 3 aromatic rings. The number of aromatic amines is 1. The predicted octanol–water partition coefficient (Wildman–Crippen LogP) is 1.34. The molecule has 53 heavy (non-hydrogen) atoms. The second-order valence-electron chi connectivity index (χ2n) is 14.1. The van der Waals surface area contributed by atoms with E-state index in [0.29, 0.717) is 12.8 Å². The molecule has 5 rings (SSSR count). The van der Waals surface area contributed by atoms with Gasteiger partial charge in [0, 0.05) is 55.4 Å². The van der Waals surface area contributed by atoms with E-state index in [1.54, 1.807) is 6.20 Å². The number of carbonyl (C=O) groups is 6. The molecule has 0 bridgehead atoms. The molecule has 0 radical (unpaired) electrons. The molecule has 2 fully saturated rings. The Balaban J connectivity index is 1.45. The number of pyridine rings is 1. The van der Waals surface area contributed by atoms with E-state index in [4.69, 9.17) is 11.6 Å². The Morgan fingerprint density at radius 3 is 2.51 bits per heavy atom. The molecule has 0 spiro atoms. The van der Waals surface area contributed by atoms with Crippen molar-refractivity contribution in [2.75, 3.05) is 13.1 Å². The maximum Gasteiger partial charge on any atom is 0.253 e. The fourth-order valence-corrected chi connectivity index (χ4v) is 6.90. The molecular formula is C37H47ClN8O7. The van der Waals surface area contributed by atoms with Crippen LogP contribution in [0.4, 0.5) is 0 Å². The first kappa shape index (κ1) is 39.2. The molecule has 2 aliphatic rings. The minimum atomic E-state index is -1.18. The number of H-pyrrole nitrogens is 1. The summed E-state index contributed by atoms with van der Waals surface area (Å²) < 4.78 is 0. The largest absolute Gasteiger partial charge is 0.391 e. The zero-order chi connectivity index (χ0) is 38.2. The van der Waals surface area contributed by atoms with Crippen molar-refractivity contribution in [1.82, 2.24) is 41.5 Å². The summed E-state index contributed by atoms with van der Waals surface area (Å²) in [5.74, 6) is -3.52. The molecule has 1 aromatic carbocycles. The summed E-state index contributed by atoms with van der Waals surface area (Å²) in [6.07, 6.45) is 4.79. The van der Waals surface area contributed by atoms with Gasteiger partial charge in [-0.3, -0.25) is 33.8 Å². The summed E-state index contributed by atoms with van der Waals surface area (Å²) in [7, 11) is 0. The van der Waals surface area contributed by atoms with Gasteiger partial charge in [0.15, 0.2) is 0 Å². The highest BCUT2D eigenvalue weighted by Crippen LogP contribution is 2.23. The van der Waals surface area contributed by atoms with Gasteiger partial charge in [-0.05, 0) is 56.2 Å². The minimum Gasteiger partial charge on any atom is -0.391 e. The number of carbonyl (C=O) groups excluding carboxylic acids is 6. The van der Waals surface area contributed by atoms with Crippen LogP contribution in [0.2, 0.25) is 5.02 Å². The molecule has 7 N–H and O–H groups in total. The molecule has 6 amide bonds. The van der Waals surface area contributed by atoms with Crippen LogP contribution in [0.5, 0.6) is 0 Å². The Morgan fingerprint density at radius 1 is 1.00 bits per heavy atom. The average Bonchev–Trinajstić information content (AvgIpc) is 3.72. The number of halogens is 1. The SMILES string of the molecule is CC(C)C[C@H]1NC(=O)[C@H](Cc2c[nH]c3ccccc23)NC(=O)[C@@H](C)NC(=O)[C@@H](NC(=O)c2cncc(Cl)c2)CCCCNC(=O)[C@@H]2C[C@@H](O)CN2C1=O. The van der Waals surface area contributed by atoms with Gasteiger partial charge < -0.3 is 41.6 Å². The van der Waals surface area contributed by atoms with E-state index < -0.39 is 71.8 Å². The zero-order valence-electron chi connectivity index (χ0n) is 30.0. The van der Waals surface area contributed by atoms with Crippen molar-refractivity contribution in [3.05, 3.63) is 65.1 Å². The fourth-order valence-electron chi connectivity index (χ4n) is 6.73. The number of hydrogen-bond acceptors (Lipinski definition) is 8. The molecule has 2 aliphatic heterocycles. The molecule has 16 heteroatoms. The summed E-state index contributed by atoms with van der Waals surface area (Å²) in [6, 6.07) is 3.51. The third-order valence-corrected chi connectivity index (χ3v) is 9.68. The number of fused-ring (bicyclic) bond motifs is 2. The quantitative estimate of drug-likeness (QED) is 0.195. The molecule has 2 aromatic heterocycles. The molecule has 0 unspecified atom stereocenters. The Hall–Kier alpha value is -5.02. The molecule has 4 heterocycles. The van der Waals surface area contributed by atoms with E-state index >= 15 is 0 Å². The van der Waals surface area contributed by atoms with Crippen molar-refractivity contribution in [2.45, 2.75) is 95.6 Å². The van der Waals surface area contributed by atoms with Crippen molar-refractivity contribution >= 4 is 57.9 Å². The van der Waals surface area contributed by atoms with Gasteiger partial charge in [-0.2, -0.15) is 0 Å². The number of aromatic nitrogens is 2. The van der Waals surface area contributed by atoms with Gasteiger partial charge >= 0.3 is 0 Å². The van der Waals surface area contributed by atoms with Crippen LogP contribution in [-0.4, -0.2) is 105 Å². The van der Waals surface area contributed by atoms with Gasteiger partial charge in [0.05, 0.1) is 16.7 Å². The normalized spacial score (nSPS) is 25.4. The Labute approximate surface area is 312 Å². The van der Waals surface area contributed by atoms with Gasteiger partial charge in [0.25, 0.3) is 5.91 Å². The van der Waals surface area contributed by atoms with Crippen molar-refractivity contribution in [2.24, 2.45) is 5.92 Å². The van der Waals surface area contributed by atoms with Gasteiger partial charge in [-0.25, -0.2) is 0 Å². The Kier molecular flexibility index (Phi) is 13.1. The average molecular weight is 751 g/mol. The summed E-state index contributed by atoms with van der Waals surface area (Å²) in [6.45, 7) is 5.39. The molecular weight excluding hydrogens is 704 g/mol. The Morgan fingerprint density at radius 2 is 1.75 bits per heavy atom. The summed E-state index contributed by atoms with van der Waals surface area (Å²) in [4.78, 5) is 90.4. The molecule has 15 nitrogen and oxygen atoms in total. The predicted molar refractivity (Wildman–Crippen MR) is 196 cm³/mol. The standard InChI is InChI=1S/C37H47ClN8O7/c1-20(2)12-30-37(53)46-19-25(47)15-31(46)36(52)40-11-7-6-10-28(43-33(49)23-13-24(38)18-39-16-23)34(50)42-21(3)32(48)44-29(35(51)45-30)14-22-17-41-27-9-5-4-8-26(22)27/h4-5,8-9,13,16-18,20-21,25,28-31,41,47H,6-7,10-12,14-15,19H2,1-3H3,(H,40,52)(H,42,50)(H,43,49)(H,44,48)(H,45,51)/t21-,25-,28+,29+,30-,31+/m1/s1. The first-order chi connectivity index (χ1) is 25.3. The van der Waals surface area contributed by atoms with E-state index in [0.717, 1.165) is 16.5 Å². The molecule has 0 aliphatic carbocycles. The van der Waals surface area contributed by atoms with Crippen LogP contribution in [0, 0.1) is 5.92 Å². The molecule has 2 saturated heterocycles. The minimum absolute atomic E-state index is 0.0314. The van der Waals surface area contributed by atoms with Gasteiger partial charge in [-0.15, -0.1) is 0 Å². The third-order valence-electron chi connectivity index (χ3n) is 9.48. The van der Waals surface area contributed by atoms with E-state index in [-0.39, 0.29) is 55.3 Å². The lowest BCUT2D eigenvalue weighted by atomic mass is 10.00. The summed E-state index contributed by atoms with van der Waals surface area (Å²) >= 11 is 6.02. The van der Waals surface area contributed by atoms with Crippen molar-refractivity contribution in [3.63, 3.8) is 0 Å². The zero-order valence-corrected chi connectivity index (χ0v) is 30.7. The van der Waals surface area contributed by atoms with Crippen LogP contribution in [-0.2, 0) is 30.4 Å². The number of aliphatic hydroxyl groups is 1. The molecule has 6 atom stereocenters. The van der Waals surface area contributed by atoms with Crippen LogP contribution in [0.15, 0.2) is 48.9 Å². The highest BCUT2D eigenvalue weighted by molar-refractivity contribution is 6.30. The Bertz CT molecular complexity index is 1830. The van der Waals surface area contributed by atoms with Crippen molar-refractivity contribution in [3.8, 4) is 0 Å². The summed E-state index contributed by atoms with van der Waals surface area (Å²) in [5, 5.41) is 25.4. The maximum absolute atomic E-state index is 14.1. The topological polar surface area (TPSA) is 215 Å². The maximum atomic E-state index is 14.1. The number of nitrogens with zero attached hydrogens (tertiary/aromatic N) is 2. The van der Waals surface area contributed by atoms with Crippen LogP contribution in [0.25, 0.3) is 10.9 Å². The lowest BCUT2D eigenvalue weighted by Crippen LogP contribution is -2.59. The van der Waals surface area contributed by atoms with Gasteiger partial charge in [0.1, 0.15) is 30.2 Å². The monoisotopic (exact) mass is 750 g/mol. The molecule has 284 valence electrons. The van der Waals surface area contributed by atoms with Gasteiger partial charge in [0.2, 0.25) is 29.5 Å². The smallest absolute Gasteiger partial charge is 0.253 e. The van der Waals surface area contributed by atoms with Gasteiger partial charge in [-0.1, -0.05) is 43.6 Å². The first-order valence-electron chi connectivity index (χ1n) is 17.9. The number of aliphatic hydroxyl groups excluding tert-OH is 1. The second kappa shape index (κ2) is 17.7.